The zero-order valence-corrected chi connectivity index (χ0v) is 33.5. The molecule has 0 saturated carbocycles. The third kappa shape index (κ3) is 7.99. The van der Waals surface area contributed by atoms with Gasteiger partial charge in [0.2, 0.25) is 0 Å². The fourth-order valence-corrected chi connectivity index (χ4v) is 8.21. The molecule has 0 N–H and O–H groups in total. The molecule has 0 saturated heterocycles. The van der Waals surface area contributed by atoms with E-state index in [1.54, 1.807) is 0 Å². The SMILES string of the molecule is CC(C)(C)Cc1cc(-c2[c-]cccc2)ncc1[Si](C)(C)C.[Ir].[c-]1ccc2c(oc3ccccc32)c1-c1nc2ccccc2n1Cc1ccccc1. The van der Waals surface area contributed by atoms with Gasteiger partial charge in [-0.15, -0.1) is 54.1 Å². The van der Waals surface area contributed by atoms with E-state index < -0.39 is 8.07 Å². The fourth-order valence-electron chi connectivity index (χ4n) is 6.64. The topological polar surface area (TPSA) is 43.9 Å². The van der Waals surface area contributed by atoms with E-state index in [2.05, 4.69) is 130 Å². The molecule has 0 unspecified atom stereocenters. The number of benzene rings is 5. The molecule has 8 aromatic rings. The van der Waals surface area contributed by atoms with Crippen LogP contribution >= 0.6 is 0 Å². The monoisotopic (exact) mass is 862 g/mol. The molecule has 6 heteroatoms. The van der Waals surface area contributed by atoms with Gasteiger partial charge in [-0.05, 0) is 46.5 Å². The summed E-state index contributed by atoms with van der Waals surface area (Å²) in [6.07, 6.45) is 3.21. The predicted octanol–water partition coefficient (Wildman–Crippen LogP) is 11.1. The Morgan fingerprint density at radius 1 is 0.765 bits per heavy atom. The van der Waals surface area contributed by atoms with E-state index in [0.29, 0.717) is 0 Å². The van der Waals surface area contributed by atoms with Crippen LogP contribution in [0.2, 0.25) is 19.6 Å². The smallest absolute Gasteiger partial charge is 0.120 e. The number of imidazole rings is 1. The Morgan fingerprint density at radius 2 is 1.49 bits per heavy atom. The number of pyridine rings is 1. The Bertz CT molecular complexity index is 2400. The van der Waals surface area contributed by atoms with Crippen LogP contribution in [0.15, 0.2) is 132 Å². The van der Waals surface area contributed by atoms with Crippen LogP contribution in [0.1, 0.15) is 31.9 Å². The number of hydrogen-bond donors (Lipinski definition) is 0. The maximum Gasteiger partial charge on any atom is 0.120 e. The average molecular weight is 862 g/mol. The van der Waals surface area contributed by atoms with Crippen molar-refractivity contribution in [2.24, 2.45) is 5.41 Å². The normalized spacial score (nSPS) is 11.7. The van der Waals surface area contributed by atoms with Gasteiger partial charge in [-0.3, -0.25) is 4.98 Å². The molecule has 0 aliphatic carbocycles. The van der Waals surface area contributed by atoms with Gasteiger partial charge >= 0.3 is 0 Å². The van der Waals surface area contributed by atoms with Crippen molar-refractivity contribution in [3.8, 4) is 22.6 Å². The minimum Gasteiger partial charge on any atom is -0.501 e. The van der Waals surface area contributed by atoms with E-state index in [1.165, 1.54) is 16.3 Å². The van der Waals surface area contributed by atoms with Crippen molar-refractivity contribution >= 4 is 46.2 Å². The van der Waals surface area contributed by atoms with Gasteiger partial charge in [0, 0.05) is 38.2 Å². The second kappa shape index (κ2) is 14.9. The molecule has 0 amide bonds. The van der Waals surface area contributed by atoms with E-state index in [-0.39, 0.29) is 25.5 Å². The summed E-state index contributed by atoms with van der Waals surface area (Å²) in [5, 5.41) is 3.69. The van der Waals surface area contributed by atoms with Crippen molar-refractivity contribution in [1.29, 1.82) is 0 Å². The summed E-state index contributed by atoms with van der Waals surface area (Å²) in [6, 6.07) is 47.9. The van der Waals surface area contributed by atoms with Crippen molar-refractivity contribution < 1.29 is 24.5 Å². The van der Waals surface area contributed by atoms with Crippen molar-refractivity contribution in [3.63, 3.8) is 0 Å². The molecule has 1 radical (unpaired) electrons. The van der Waals surface area contributed by atoms with Crippen molar-refractivity contribution in [1.82, 2.24) is 14.5 Å². The number of furan rings is 1. The summed E-state index contributed by atoms with van der Waals surface area (Å²) in [5.41, 5.74) is 9.78. The van der Waals surface area contributed by atoms with E-state index in [1.807, 2.05) is 54.6 Å². The number of para-hydroxylation sites is 3. The van der Waals surface area contributed by atoms with Crippen molar-refractivity contribution in [2.45, 2.75) is 53.4 Å². The molecule has 4 nitrogen and oxygen atoms in total. The van der Waals surface area contributed by atoms with Gasteiger partial charge in [0.25, 0.3) is 0 Å². The average Bonchev–Trinajstić information content (AvgIpc) is 3.67. The molecule has 0 spiro atoms. The number of fused-ring (bicyclic) bond motifs is 4. The van der Waals surface area contributed by atoms with Crippen LogP contribution < -0.4 is 5.19 Å². The summed E-state index contributed by atoms with van der Waals surface area (Å²) in [7, 11) is -1.37. The van der Waals surface area contributed by atoms with E-state index in [4.69, 9.17) is 14.4 Å². The van der Waals surface area contributed by atoms with Crippen LogP contribution in [0.3, 0.4) is 0 Å². The zero-order valence-electron chi connectivity index (χ0n) is 30.1. The molecule has 0 atom stereocenters. The molecular weight excluding hydrogens is 819 g/mol. The zero-order chi connectivity index (χ0) is 34.9. The van der Waals surface area contributed by atoms with E-state index in [9.17, 15) is 0 Å². The Hall–Kier alpha value is -4.61. The third-order valence-electron chi connectivity index (χ3n) is 8.90. The molecule has 0 aliphatic rings. The molecule has 3 aromatic heterocycles. The quantitative estimate of drug-likeness (QED) is 0.124. The van der Waals surface area contributed by atoms with Gasteiger partial charge < -0.3 is 14.0 Å². The molecule has 3 heterocycles. The summed E-state index contributed by atoms with van der Waals surface area (Å²) in [4.78, 5) is 9.68. The van der Waals surface area contributed by atoms with Crippen LogP contribution in [-0.4, -0.2) is 22.6 Å². The minimum absolute atomic E-state index is 0. The number of aromatic nitrogens is 3. The van der Waals surface area contributed by atoms with Crippen LogP contribution in [0.5, 0.6) is 0 Å². The molecular formula is C45H43IrN3OSi-2. The van der Waals surface area contributed by atoms with Gasteiger partial charge in [0.15, 0.2) is 0 Å². The standard InChI is InChI=1S/C26H17N2O.C19H26NSi.Ir/c1-2-9-18(10-3-1)17-28-23-15-6-5-14-22(23)27-26(28)21-13-8-12-20-19-11-4-7-16-24(19)29-25(20)21;1-19(2,3)13-16-12-17(15-10-8-7-9-11-15)20-14-18(16)21(4,5)6;/h1-12,14-16H,17H2;7-10,12,14H,13H2,1-6H3;/q2*-1;. The van der Waals surface area contributed by atoms with Crippen LogP contribution in [0, 0.1) is 17.5 Å². The molecule has 51 heavy (non-hydrogen) atoms. The summed E-state index contributed by atoms with van der Waals surface area (Å²) < 4.78 is 8.51. The Kier molecular flexibility index (Phi) is 10.6. The first-order valence-electron chi connectivity index (χ1n) is 17.3. The van der Waals surface area contributed by atoms with Gasteiger partial charge in [-0.2, -0.15) is 0 Å². The van der Waals surface area contributed by atoms with Crippen LogP contribution in [-0.2, 0) is 33.1 Å². The molecule has 5 aromatic carbocycles. The Morgan fingerprint density at radius 3 is 2.24 bits per heavy atom. The summed E-state index contributed by atoms with van der Waals surface area (Å²) >= 11 is 0. The van der Waals surface area contributed by atoms with E-state index in [0.717, 1.165) is 68.6 Å². The molecule has 8 rings (SSSR count). The Labute approximate surface area is 316 Å². The third-order valence-corrected chi connectivity index (χ3v) is 11.0. The minimum atomic E-state index is -1.37. The second-order valence-corrected chi connectivity index (χ2v) is 20.2. The van der Waals surface area contributed by atoms with Gasteiger partial charge in [-0.1, -0.05) is 124 Å². The predicted molar refractivity (Wildman–Crippen MR) is 211 cm³/mol. The largest absolute Gasteiger partial charge is 0.501 e. The first-order valence-corrected chi connectivity index (χ1v) is 20.8. The van der Waals surface area contributed by atoms with Gasteiger partial charge in [0.05, 0.1) is 30.5 Å². The maximum absolute atomic E-state index is 6.25. The van der Waals surface area contributed by atoms with Crippen molar-refractivity contribution in [3.05, 3.63) is 151 Å². The fraction of sp³-hybridized carbons (Fsp3) is 0.200. The number of hydrogen-bond acceptors (Lipinski definition) is 3. The number of rotatable bonds is 6. The molecule has 0 aliphatic heterocycles. The Balaban J connectivity index is 0.000000182. The molecule has 0 fully saturated rings. The first kappa shape index (κ1) is 36.2. The number of nitrogens with zero attached hydrogens (tertiary/aromatic N) is 3. The van der Waals surface area contributed by atoms with Gasteiger partial charge in [-0.25, -0.2) is 0 Å². The van der Waals surface area contributed by atoms with Crippen LogP contribution in [0.4, 0.5) is 0 Å². The maximum atomic E-state index is 6.25. The van der Waals surface area contributed by atoms with Crippen molar-refractivity contribution in [2.75, 3.05) is 0 Å². The van der Waals surface area contributed by atoms with E-state index >= 15 is 0 Å². The summed E-state index contributed by atoms with van der Waals surface area (Å²) in [5.74, 6) is 0.875. The molecule has 0 bridgehead atoms. The second-order valence-electron chi connectivity index (χ2n) is 15.2. The summed E-state index contributed by atoms with van der Waals surface area (Å²) in [6.45, 7) is 14.8. The first-order chi connectivity index (χ1) is 24.0. The van der Waals surface area contributed by atoms with Gasteiger partial charge in [0.1, 0.15) is 5.58 Å². The van der Waals surface area contributed by atoms with Crippen LogP contribution in [0.25, 0.3) is 55.6 Å². The molecule has 259 valence electrons.